The lowest BCUT2D eigenvalue weighted by molar-refractivity contribution is -0.155. The van der Waals surface area contributed by atoms with Gasteiger partial charge in [-0.3, -0.25) is 19.3 Å². The van der Waals surface area contributed by atoms with Crippen molar-refractivity contribution < 1.29 is 24.3 Å². The van der Waals surface area contributed by atoms with E-state index in [1.807, 2.05) is 4.90 Å². The number of nitrogens with zero attached hydrogens (tertiary/aromatic N) is 5. The van der Waals surface area contributed by atoms with Crippen molar-refractivity contribution in [3.05, 3.63) is 78.4 Å². The van der Waals surface area contributed by atoms with Gasteiger partial charge in [0.05, 0.1) is 17.9 Å². The summed E-state index contributed by atoms with van der Waals surface area (Å²) in [5.74, 6) is -2.91. The minimum atomic E-state index is -1.24. The third-order valence-corrected chi connectivity index (χ3v) is 8.08. The van der Waals surface area contributed by atoms with Crippen molar-refractivity contribution in [1.29, 1.82) is 0 Å². The highest BCUT2D eigenvalue weighted by Crippen LogP contribution is 2.34. The Hall–Kier alpha value is -4.15. The van der Waals surface area contributed by atoms with Crippen LogP contribution in [0.2, 0.25) is 5.02 Å². The van der Waals surface area contributed by atoms with E-state index in [2.05, 4.69) is 31.9 Å². The van der Waals surface area contributed by atoms with Crippen LogP contribution in [0.15, 0.2) is 67.8 Å². The first-order valence-corrected chi connectivity index (χ1v) is 14.7. The molecule has 228 valence electrons. The molecule has 1 unspecified atom stereocenters. The predicted octanol–water partition coefficient (Wildman–Crippen LogP) is 3.45. The molecule has 2 aromatic carbocycles. The van der Waals surface area contributed by atoms with E-state index in [9.17, 15) is 24.3 Å². The van der Waals surface area contributed by atoms with E-state index in [1.54, 1.807) is 59.5 Å². The summed E-state index contributed by atoms with van der Waals surface area (Å²) in [6, 6.07) is 11.3. The highest BCUT2D eigenvalue weighted by Gasteiger charge is 2.40. The Morgan fingerprint density at radius 3 is 2.19 bits per heavy atom. The van der Waals surface area contributed by atoms with Crippen LogP contribution in [0.25, 0.3) is 0 Å². The van der Waals surface area contributed by atoms with E-state index in [-0.39, 0.29) is 31.5 Å². The molecule has 0 aromatic heterocycles. The van der Waals surface area contributed by atoms with Crippen LogP contribution in [0.4, 0.5) is 17.1 Å². The number of carbonyl (C=O) groups is 4. The number of piperazine rings is 2. The van der Waals surface area contributed by atoms with Crippen molar-refractivity contribution in [3.8, 4) is 0 Å². The molecule has 2 heterocycles. The molecule has 2 saturated heterocycles. The van der Waals surface area contributed by atoms with Gasteiger partial charge in [0.25, 0.3) is 0 Å². The summed E-state index contributed by atoms with van der Waals surface area (Å²) in [5, 5.41) is 10.5. The molecule has 0 saturated carbocycles. The molecule has 0 aliphatic carbocycles. The summed E-state index contributed by atoms with van der Waals surface area (Å²) in [5.41, 5.74) is 2.55. The zero-order valence-electron chi connectivity index (χ0n) is 24.6. The van der Waals surface area contributed by atoms with Gasteiger partial charge in [-0.15, -0.1) is 13.2 Å². The summed E-state index contributed by atoms with van der Waals surface area (Å²) in [4.78, 5) is 60.2. The molecule has 0 radical (unpaired) electrons. The first-order chi connectivity index (χ1) is 20.5. The topological polar surface area (TPSA) is 105 Å². The van der Waals surface area contributed by atoms with Gasteiger partial charge in [0.15, 0.2) is 0 Å². The molecule has 2 aromatic rings. The van der Waals surface area contributed by atoms with Crippen LogP contribution < -0.4 is 14.7 Å². The van der Waals surface area contributed by atoms with Gasteiger partial charge in [0.1, 0.15) is 6.04 Å². The number of amides is 3. The Morgan fingerprint density at radius 1 is 0.953 bits per heavy atom. The molecule has 3 amide bonds. The Labute approximate surface area is 257 Å². The molecule has 0 bridgehead atoms. The second-order valence-corrected chi connectivity index (χ2v) is 11.3. The third kappa shape index (κ3) is 7.09. The zero-order chi connectivity index (χ0) is 31.3. The van der Waals surface area contributed by atoms with Crippen molar-refractivity contribution >= 4 is 52.4 Å². The summed E-state index contributed by atoms with van der Waals surface area (Å²) in [6.45, 7) is 14.5. The Morgan fingerprint density at radius 2 is 1.60 bits per heavy atom. The quantitative estimate of drug-likeness (QED) is 0.291. The number of carbonyl (C=O) groups excluding carboxylic acids is 3. The SMILES string of the molecule is C=CCN(CC=C)c1ccc(Cl)cc1N1CCN(C(Cc2ccc(N3CCN(C(C)C)CC3=O)cc2)C(=O)O)C(=O)C1=O. The van der Waals surface area contributed by atoms with E-state index in [0.717, 1.165) is 17.1 Å². The molecule has 2 fully saturated rings. The standard InChI is InChI=1S/C32H38ClN5O5/c1-5-13-34(14-6-2)26-12-9-24(33)20-27(26)37-17-18-38(31(41)30(37)40)28(32(42)43)19-23-7-10-25(11-8-23)36-16-15-35(22(3)4)21-29(36)39/h5-12,20,22,28H,1-2,13-19,21H2,3-4H3,(H,42,43). The van der Waals surface area contributed by atoms with Crippen molar-refractivity contribution in [2.75, 3.05) is 60.5 Å². The van der Waals surface area contributed by atoms with Crippen molar-refractivity contribution in [3.63, 3.8) is 0 Å². The molecule has 10 nitrogen and oxygen atoms in total. The van der Waals surface area contributed by atoms with Crippen LogP contribution in [0.1, 0.15) is 19.4 Å². The van der Waals surface area contributed by atoms with Crippen LogP contribution in [-0.4, -0.2) is 96.5 Å². The maximum atomic E-state index is 13.4. The first-order valence-electron chi connectivity index (χ1n) is 14.3. The van der Waals surface area contributed by atoms with Crippen molar-refractivity contribution in [1.82, 2.24) is 9.80 Å². The fourth-order valence-electron chi connectivity index (χ4n) is 5.51. The minimum absolute atomic E-state index is 0.0121. The van der Waals surface area contributed by atoms with Crippen molar-refractivity contribution in [2.24, 2.45) is 0 Å². The highest BCUT2D eigenvalue weighted by molar-refractivity contribution is 6.41. The van der Waals surface area contributed by atoms with E-state index < -0.39 is 23.8 Å². The van der Waals surface area contributed by atoms with Gasteiger partial charge in [-0.1, -0.05) is 35.9 Å². The molecular weight excluding hydrogens is 570 g/mol. The van der Waals surface area contributed by atoms with E-state index in [4.69, 9.17) is 11.6 Å². The van der Waals surface area contributed by atoms with Crippen LogP contribution in [0.3, 0.4) is 0 Å². The lowest BCUT2D eigenvalue weighted by Gasteiger charge is -2.38. The highest BCUT2D eigenvalue weighted by atomic mass is 35.5. The van der Waals surface area contributed by atoms with Gasteiger partial charge in [0.2, 0.25) is 5.91 Å². The van der Waals surface area contributed by atoms with Crippen LogP contribution in [-0.2, 0) is 25.6 Å². The number of carboxylic acid groups (broad SMARTS) is 1. The molecule has 1 atom stereocenters. The van der Waals surface area contributed by atoms with Crippen LogP contribution in [0.5, 0.6) is 0 Å². The fraction of sp³-hybridized carbons (Fsp3) is 0.375. The number of hydrogen-bond donors (Lipinski definition) is 1. The van der Waals surface area contributed by atoms with Crippen LogP contribution in [0, 0.1) is 0 Å². The number of hydrogen-bond acceptors (Lipinski definition) is 6. The average Bonchev–Trinajstić information content (AvgIpc) is 2.97. The van der Waals surface area contributed by atoms with Gasteiger partial charge >= 0.3 is 17.8 Å². The fourth-order valence-corrected chi connectivity index (χ4v) is 5.68. The predicted molar refractivity (Wildman–Crippen MR) is 169 cm³/mol. The number of rotatable bonds is 12. The number of carboxylic acids is 1. The van der Waals surface area contributed by atoms with Gasteiger partial charge in [-0.25, -0.2) is 4.79 Å². The van der Waals surface area contributed by atoms with Gasteiger partial charge in [-0.05, 0) is 49.7 Å². The number of aliphatic carboxylic acids is 1. The second kappa shape index (κ2) is 13.9. The van der Waals surface area contributed by atoms with Crippen molar-refractivity contribution in [2.45, 2.75) is 32.4 Å². The number of anilines is 3. The molecule has 1 N–H and O–H groups in total. The largest absolute Gasteiger partial charge is 0.480 e. The number of benzene rings is 2. The molecule has 43 heavy (non-hydrogen) atoms. The smallest absolute Gasteiger partial charge is 0.326 e. The van der Waals surface area contributed by atoms with Gasteiger partial charge < -0.3 is 24.7 Å². The maximum absolute atomic E-state index is 13.4. The maximum Gasteiger partial charge on any atom is 0.326 e. The van der Waals surface area contributed by atoms with Gasteiger partial charge in [0, 0.05) is 62.4 Å². The average molecular weight is 608 g/mol. The Kier molecular flexibility index (Phi) is 10.3. The van der Waals surface area contributed by atoms with Gasteiger partial charge in [-0.2, -0.15) is 0 Å². The Bertz CT molecular complexity index is 1390. The molecule has 11 heteroatoms. The normalized spacial score (nSPS) is 16.9. The lowest BCUT2D eigenvalue weighted by atomic mass is 10.0. The summed E-state index contributed by atoms with van der Waals surface area (Å²) < 4.78 is 0. The van der Waals surface area contributed by atoms with E-state index >= 15 is 0 Å². The number of halogens is 1. The monoisotopic (exact) mass is 607 g/mol. The second-order valence-electron chi connectivity index (χ2n) is 10.9. The summed E-state index contributed by atoms with van der Waals surface area (Å²) in [7, 11) is 0. The van der Waals surface area contributed by atoms with E-state index in [1.165, 1.54) is 4.90 Å². The first kappa shape index (κ1) is 31.8. The summed E-state index contributed by atoms with van der Waals surface area (Å²) >= 11 is 6.28. The molecule has 2 aliphatic heterocycles. The third-order valence-electron chi connectivity index (χ3n) is 7.84. The molecular formula is C32H38ClN5O5. The minimum Gasteiger partial charge on any atom is -0.480 e. The van der Waals surface area contributed by atoms with Crippen LogP contribution >= 0.6 is 11.6 Å². The summed E-state index contributed by atoms with van der Waals surface area (Å²) in [6.07, 6.45) is 3.46. The molecule has 0 spiro atoms. The lowest BCUT2D eigenvalue weighted by Crippen LogP contribution is -2.59. The molecule has 4 rings (SSSR count). The zero-order valence-corrected chi connectivity index (χ0v) is 25.4. The Balaban J connectivity index is 1.50. The molecule has 2 aliphatic rings. The van der Waals surface area contributed by atoms with E-state index in [0.29, 0.717) is 48.1 Å².